The van der Waals surface area contributed by atoms with Gasteiger partial charge in [0, 0.05) is 31.2 Å². The van der Waals surface area contributed by atoms with Crippen LogP contribution in [-0.4, -0.2) is 79.6 Å². The van der Waals surface area contributed by atoms with Crippen LogP contribution in [0.15, 0.2) is 47.4 Å². The number of fused-ring (bicyclic) bond motifs is 1. The second-order valence-electron chi connectivity index (χ2n) is 11.4. The zero-order chi connectivity index (χ0) is 29.7. The molecule has 41 heavy (non-hydrogen) atoms. The van der Waals surface area contributed by atoms with Crippen LogP contribution in [0.2, 0.25) is 0 Å². The number of anilines is 1. The number of benzene rings is 2. The van der Waals surface area contributed by atoms with E-state index in [9.17, 15) is 23.1 Å². The quantitative estimate of drug-likeness (QED) is 0.429. The van der Waals surface area contributed by atoms with Gasteiger partial charge in [0.15, 0.2) is 0 Å². The number of rotatable bonds is 8. The highest BCUT2D eigenvalue weighted by Gasteiger charge is 2.35. The van der Waals surface area contributed by atoms with E-state index in [1.807, 2.05) is 13.8 Å². The zero-order valence-electron chi connectivity index (χ0n) is 24.3. The van der Waals surface area contributed by atoms with Gasteiger partial charge in [0.25, 0.3) is 5.91 Å². The van der Waals surface area contributed by atoms with Gasteiger partial charge in [-0.25, -0.2) is 13.2 Å². The minimum Gasteiger partial charge on any atom is -0.488 e. The molecule has 1 heterocycles. The summed E-state index contributed by atoms with van der Waals surface area (Å²) in [6, 6.07) is 10.9. The molecule has 2 aromatic rings. The smallest absolute Gasteiger partial charge is 0.319 e. The fourth-order valence-corrected chi connectivity index (χ4v) is 6.54. The number of aliphatic hydroxyl groups is 1. The Kier molecular flexibility index (Phi) is 9.93. The summed E-state index contributed by atoms with van der Waals surface area (Å²) in [4.78, 5) is 28.1. The fraction of sp³-hybridized carbons (Fsp3) is 0.533. The number of likely N-dealkylation sites (N-methyl/N-ethyl adjacent to an activating group) is 1. The maximum absolute atomic E-state index is 13.7. The molecule has 3 N–H and O–H groups in total. The number of hydrogen-bond donors (Lipinski definition) is 3. The Bertz CT molecular complexity index is 1330. The molecule has 0 saturated heterocycles. The van der Waals surface area contributed by atoms with Crippen molar-refractivity contribution in [3.63, 3.8) is 0 Å². The van der Waals surface area contributed by atoms with Gasteiger partial charge in [-0.05, 0) is 57.0 Å². The highest BCUT2D eigenvalue weighted by atomic mass is 32.2. The summed E-state index contributed by atoms with van der Waals surface area (Å²) in [7, 11) is -2.26. The second-order valence-corrected chi connectivity index (χ2v) is 13.4. The summed E-state index contributed by atoms with van der Waals surface area (Å²) in [5, 5.41) is 15.8. The third-order valence-electron chi connectivity index (χ3n) is 8.03. The highest BCUT2D eigenvalue weighted by Crippen LogP contribution is 2.31. The normalized spacial score (nSPS) is 20.9. The first-order chi connectivity index (χ1) is 19.5. The molecule has 2 aliphatic rings. The first kappa shape index (κ1) is 30.8. The van der Waals surface area contributed by atoms with Crippen LogP contribution in [0.4, 0.5) is 10.5 Å². The molecule has 1 aliphatic heterocycles. The van der Waals surface area contributed by atoms with Gasteiger partial charge >= 0.3 is 6.03 Å². The first-order valence-electron chi connectivity index (χ1n) is 14.3. The van der Waals surface area contributed by atoms with Gasteiger partial charge in [-0.2, -0.15) is 4.31 Å². The SMILES string of the molecule is Cc1ccc(S(=O)(=O)N(C)C[C@H]2Oc3ccc(NC(=O)NC4CCCCC4)cc3C(=O)N([C@@H](C)CO)C[C@H]2C)cc1. The molecular formula is C30H42N4O6S. The third kappa shape index (κ3) is 7.38. The van der Waals surface area contributed by atoms with E-state index in [1.165, 1.54) is 17.8 Å². The number of aliphatic hydroxyl groups excluding tert-OH is 1. The molecule has 1 aliphatic carbocycles. The first-order valence-corrected chi connectivity index (χ1v) is 15.8. The lowest BCUT2D eigenvalue weighted by molar-refractivity contribution is 0.0387. The monoisotopic (exact) mass is 586 g/mol. The average Bonchev–Trinajstić information content (AvgIpc) is 2.95. The Labute approximate surface area is 243 Å². The summed E-state index contributed by atoms with van der Waals surface area (Å²) in [5.41, 5.74) is 1.64. The average molecular weight is 587 g/mol. The number of amides is 3. The Morgan fingerprint density at radius 1 is 1.15 bits per heavy atom. The van der Waals surface area contributed by atoms with E-state index in [1.54, 1.807) is 54.3 Å². The van der Waals surface area contributed by atoms with Crippen LogP contribution in [-0.2, 0) is 10.0 Å². The molecule has 0 bridgehead atoms. The number of carbonyl (C=O) groups excluding carboxylic acids is 2. The van der Waals surface area contributed by atoms with Gasteiger partial charge < -0.3 is 25.4 Å². The van der Waals surface area contributed by atoms with Crippen molar-refractivity contribution in [3.05, 3.63) is 53.6 Å². The van der Waals surface area contributed by atoms with Crippen molar-refractivity contribution in [2.75, 3.05) is 32.1 Å². The number of aryl methyl sites for hydroxylation is 1. The lowest BCUT2D eigenvalue weighted by atomic mass is 9.96. The predicted molar refractivity (Wildman–Crippen MR) is 158 cm³/mol. The van der Waals surface area contributed by atoms with Crippen molar-refractivity contribution in [1.82, 2.24) is 14.5 Å². The summed E-state index contributed by atoms with van der Waals surface area (Å²) >= 11 is 0. The van der Waals surface area contributed by atoms with E-state index in [0.717, 1.165) is 31.2 Å². The third-order valence-corrected chi connectivity index (χ3v) is 9.87. The van der Waals surface area contributed by atoms with Crippen LogP contribution >= 0.6 is 0 Å². The van der Waals surface area contributed by atoms with Crippen LogP contribution in [0, 0.1) is 12.8 Å². The molecule has 2 aromatic carbocycles. The molecular weight excluding hydrogens is 544 g/mol. The summed E-state index contributed by atoms with van der Waals surface area (Å²) in [6.45, 7) is 5.63. The van der Waals surface area contributed by atoms with Gasteiger partial charge in [-0.15, -0.1) is 0 Å². The van der Waals surface area contributed by atoms with Gasteiger partial charge in [-0.3, -0.25) is 4.79 Å². The number of nitrogens with zero attached hydrogens (tertiary/aromatic N) is 2. The van der Waals surface area contributed by atoms with Gasteiger partial charge in [0.05, 0.1) is 29.7 Å². The van der Waals surface area contributed by atoms with Crippen molar-refractivity contribution in [2.24, 2.45) is 5.92 Å². The molecule has 224 valence electrons. The van der Waals surface area contributed by atoms with Crippen molar-refractivity contribution in [1.29, 1.82) is 0 Å². The number of nitrogens with one attached hydrogen (secondary N) is 2. The van der Waals surface area contributed by atoms with Crippen molar-refractivity contribution < 1.29 is 27.9 Å². The molecule has 10 nitrogen and oxygen atoms in total. The number of ether oxygens (including phenoxy) is 1. The van der Waals surface area contributed by atoms with E-state index in [4.69, 9.17) is 4.74 Å². The summed E-state index contributed by atoms with van der Waals surface area (Å²) < 4.78 is 34.2. The molecule has 0 radical (unpaired) electrons. The van der Waals surface area contributed by atoms with E-state index >= 15 is 0 Å². The Morgan fingerprint density at radius 2 is 1.83 bits per heavy atom. The molecule has 0 unspecified atom stereocenters. The van der Waals surface area contributed by atoms with Gasteiger partial charge in [0.1, 0.15) is 11.9 Å². The molecule has 11 heteroatoms. The molecule has 3 atom stereocenters. The van der Waals surface area contributed by atoms with E-state index in [2.05, 4.69) is 10.6 Å². The summed E-state index contributed by atoms with van der Waals surface area (Å²) in [6.07, 6.45) is 4.68. The maximum Gasteiger partial charge on any atom is 0.319 e. The fourth-order valence-electron chi connectivity index (χ4n) is 5.36. The number of carbonyl (C=O) groups is 2. The van der Waals surface area contributed by atoms with Crippen molar-refractivity contribution in [3.8, 4) is 5.75 Å². The molecule has 1 saturated carbocycles. The van der Waals surface area contributed by atoms with E-state index in [0.29, 0.717) is 11.4 Å². The zero-order valence-corrected chi connectivity index (χ0v) is 25.1. The Morgan fingerprint density at radius 3 is 2.49 bits per heavy atom. The van der Waals surface area contributed by atoms with E-state index < -0.39 is 22.2 Å². The molecule has 4 rings (SSSR count). The van der Waals surface area contributed by atoms with Gasteiger partial charge in [-0.1, -0.05) is 43.9 Å². The van der Waals surface area contributed by atoms with Crippen LogP contribution < -0.4 is 15.4 Å². The lowest BCUT2D eigenvalue weighted by Gasteiger charge is -2.38. The molecule has 0 spiro atoms. The van der Waals surface area contributed by atoms with E-state index in [-0.39, 0.29) is 54.1 Å². The predicted octanol–water partition coefficient (Wildman–Crippen LogP) is 3.99. The minimum absolute atomic E-state index is 0.0517. The minimum atomic E-state index is -3.78. The van der Waals surface area contributed by atoms with Gasteiger partial charge in [0.2, 0.25) is 10.0 Å². The Hall–Kier alpha value is -3.15. The second kappa shape index (κ2) is 13.2. The van der Waals surface area contributed by atoms with Crippen molar-refractivity contribution in [2.45, 2.75) is 76.0 Å². The van der Waals surface area contributed by atoms with Crippen LogP contribution in [0.3, 0.4) is 0 Å². The van der Waals surface area contributed by atoms with Crippen LogP contribution in [0.5, 0.6) is 5.75 Å². The molecule has 0 aromatic heterocycles. The molecule has 1 fully saturated rings. The maximum atomic E-state index is 13.7. The standard InChI is InChI=1S/C30H42N4O6S/c1-20-10-13-25(14-11-20)41(38,39)33(4)18-28-21(2)17-34(22(3)19-35)29(36)26-16-24(12-15-27(26)40-28)32-30(37)31-23-8-6-5-7-9-23/h10-16,21-23,28,35H,5-9,17-19H2,1-4H3,(H2,31,32,37)/t21-,22+,28-/m1/s1. The lowest BCUT2D eigenvalue weighted by Crippen LogP contribution is -2.50. The number of urea groups is 1. The summed E-state index contributed by atoms with van der Waals surface area (Å²) in [5.74, 6) is -0.291. The van der Waals surface area contributed by atoms with Crippen molar-refractivity contribution >= 4 is 27.6 Å². The number of sulfonamides is 1. The largest absolute Gasteiger partial charge is 0.488 e. The Balaban J connectivity index is 1.59. The number of hydrogen-bond acceptors (Lipinski definition) is 6. The highest BCUT2D eigenvalue weighted by molar-refractivity contribution is 7.89. The topological polar surface area (TPSA) is 128 Å². The van der Waals surface area contributed by atoms with Crippen LogP contribution in [0.25, 0.3) is 0 Å². The molecule has 3 amide bonds. The van der Waals surface area contributed by atoms with Crippen LogP contribution in [0.1, 0.15) is 61.9 Å².